The average molecular weight is 276 g/mol. The summed E-state index contributed by atoms with van der Waals surface area (Å²) < 4.78 is 10.3. The minimum absolute atomic E-state index is 0.167. The van der Waals surface area contributed by atoms with E-state index in [1.165, 1.54) is 7.11 Å². The van der Waals surface area contributed by atoms with Gasteiger partial charge >= 0.3 is 5.97 Å². The van der Waals surface area contributed by atoms with Crippen LogP contribution in [0.2, 0.25) is 0 Å². The van der Waals surface area contributed by atoms with Crippen LogP contribution in [0.15, 0.2) is 18.2 Å². The first-order chi connectivity index (χ1) is 9.74. The molecule has 1 aromatic rings. The van der Waals surface area contributed by atoms with Gasteiger partial charge in [0.1, 0.15) is 5.75 Å². The minimum atomic E-state index is -0.232. The van der Waals surface area contributed by atoms with Crippen LogP contribution < -0.4 is 15.4 Å². The van der Waals surface area contributed by atoms with Gasteiger partial charge in [0.25, 0.3) is 0 Å². The molecule has 0 amide bonds. The third-order valence-corrected chi connectivity index (χ3v) is 4.35. The Bertz CT molecular complexity index is 518. The number of carbonyl (C=O) groups excluding carboxylic acids is 1. The average Bonchev–Trinajstić information content (AvgIpc) is 2.51. The van der Waals surface area contributed by atoms with E-state index in [1.54, 1.807) is 7.11 Å². The van der Waals surface area contributed by atoms with Gasteiger partial charge in [-0.3, -0.25) is 4.79 Å². The predicted octanol–water partition coefficient (Wildman–Crippen LogP) is 1.36. The van der Waals surface area contributed by atoms with Gasteiger partial charge in [-0.25, -0.2) is 0 Å². The summed E-state index contributed by atoms with van der Waals surface area (Å²) in [6.07, 6.45) is 1.02. The summed E-state index contributed by atoms with van der Waals surface area (Å²) in [4.78, 5) is 12.3. The molecule has 1 saturated heterocycles. The highest BCUT2D eigenvalue weighted by atomic mass is 16.5. The summed E-state index contributed by atoms with van der Waals surface area (Å²) in [6.45, 7) is 1.81. The Labute approximate surface area is 118 Å². The molecular formula is C15H20N2O3. The molecule has 2 N–H and O–H groups in total. The number of ether oxygens (including phenoxy) is 2. The van der Waals surface area contributed by atoms with Crippen LogP contribution in [0.1, 0.15) is 17.9 Å². The van der Waals surface area contributed by atoms with Gasteiger partial charge in [0.05, 0.1) is 20.1 Å². The van der Waals surface area contributed by atoms with Crippen molar-refractivity contribution in [1.82, 2.24) is 5.32 Å². The number of anilines is 1. The van der Waals surface area contributed by atoms with Gasteiger partial charge in [0.15, 0.2) is 0 Å². The number of esters is 1. The van der Waals surface area contributed by atoms with E-state index in [0.717, 1.165) is 36.5 Å². The number of fused-ring (bicyclic) bond motifs is 2. The van der Waals surface area contributed by atoms with Gasteiger partial charge in [0.2, 0.25) is 0 Å². The Morgan fingerprint density at radius 3 is 2.95 bits per heavy atom. The maximum absolute atomic E-state index is 12.3. The summed E-state index contributed by atoms with van der Waals surface area (Å²) >= 11 is 0. The Kier molecular flexibility index (Phi) is 3.53. The second-order valence-corrected chi connectivity index (χ2v) is 5.36. The Morgan fingerprint density at radius 1 is 1.35 bits per heavy atom. The normalized spacial score (nSPS) is 27.8. The molecular weight excluding hydrogens is 256 g/mol. The standard InChI is InChI=1S/C15H20N2O3/c1-19-9-3-4-12-10(7-9)14(15(18)20-2)11-8-16-6-5-13(11)17-12/h3-4,7,11,13-14,16-17H,5-6,8H2,1-2H3. The van der Waals surface area contributed by atoms with E-state index in [2.05, 4.69) is 10.6 Å². The molecule has 1 fully saturated rings. The Morgan fingerprint density at radius 2 is 2.20 bits per heavy atom. The highest BCUT2D eigenvalue weighted by molar-refractivity contribution is 5.83. The lowest BCUT2D eigenvalue weighted by molar-refractivity contribution is -0.144. The summed E-state index contributed by atoms with van der Waals surface area (Å²) in [6, 6.07) is 6.17. The maximum atomic E-state index is 12.3. The summed E-state index contributed by atoms with van der Waals surface area (Å²) in [5, 5.41) is 6.93. The quantitative estimate of drug-likeness (QED) is 0.799. The van der Waals surface area contributed by atoms with E-state index in [-0.39, 0.29) is 17.8 Å². The van der Waals surface area contributed by atoms with Crippen molar-refractivity contribution in [2.45, 2.75) is 18.4 Å². The van der Waals surface area contributed by atoms with Crippen LogP contribution in [-0.2, 0) is 9.53 Å². The minimum Gasteiger partial charge on any atom is -0.497 e. The molecule has 3 unspecified atom stereocenters. The van der Waals surface area contributed by atoms with Crippen LogP contribution in [0, 0.1) is 5.92 Å². The van der Waals surface area contributed by atoms with E-state index in [4.69, 9.17) is 9.47 Å². The molecule has 3 rings (SSSR count). The SMILES string of the molecule is COC(=O)C1c2cc(OC)ccc2NC2CCNCC21. The Balaban J connectivity index is 2.05. The second-order valence-electron chi connectivity index (χ2n) is 5.36. The van der Waals surface area contributed by atoms with Crippen LogP contribution in [-0.4, -0.2) is 39.3 Å². The molecule has 0 bridgehead atoms. The molecule has 0 spiro atoms. The monoisotopic (exact) mass is 276 g/mol. The van der Waals surface area contributed by atoms with Crippen LogP contribution >= 0.6 is 0 Å². The van der Waals surface area contributed by atoms with Crippen molar-refractivity contribution >= 4 is 11.7 Å². The zero-order valence-corrected chi connectivity index (χ0v) is 11.8. The van der Waals surface area contributed by atoms with Crippen molar-refractivity contribution in [1.29, 1.82) is 0 Å². The molecule has 0 aliphatic carbocycles. The molecule has 20 heavy (non-hydrogen) atoms. The lowest BCUT2D eigenvalue weighted by Gasteiger charge is -2.42. The first-order valence-electron chi connectivity index (χ1n) is 6.97. The molecule has 1 aromatic carbocycles. The molecule has 0 aromatic heterocycles. The molecule has 2 aliphatic heterocycles. The number of hydrogen-bond acceptors (Lipinski definition) is 5. The van der Waals surface area contributed by atoms with Crippen molar-refractivity contribution in [2.75, 3.05) is 32.6 Å². The van der Waals surface area contributed by atoms with Crippen molar-refractivity contribution < 1.29 is 14.3 Å². The topological polar surface area (TPSA) is 59.6 Å². The molecule has 108 valence electrons. The zero-order valence-electron chi connectivity index (χ0n) is 11.8. The van der Waals surface area contributed by atoms with Gasteiger partial charge in [-0.1, -0.05) is 0 Å². The van der Waals surface area contributed by atoms with Crippen LogP contribution in [0.3, 0.4) is 0 Å². The summed E-state index contributed by atoms with van der Waals surface area (Å²) in [7, 11) is 3.09. The van der Waals surface area contributed by atoms with Gasteiger partial charge in [-0.05, 0) is 36.7 Å². The van der Waals surface area contributed by atoms with Crippen LogP contribution in [0.5, 0.6) is 5.75 Å². The van der Waals surface area contributed by atoms with Crippen LogP contribution in [0.25, 0.3) is 0 Å². The molecule has 2 aliphatic rings. The predicted molar refractivity (Wildman–Crippen MR) is 76.1 cm³/mol. The zero-order chi connectivity index (χ0) is 14.1. The summed E-state index contributed by atoms with van der Waals surface area (Å²) in [5.41, 5.74) is 1.99. The van der Waals surface area contributed by atoms with Crippen molar-refractivity contribution in [3.8, 4) is 5.75 Å². The smallest absolute Gasteiger partial charge is 0.313 e. The molecule has 5 heteroatoms. The molecule has 5 nitrogen and oxygen atoms in total. The fourth-order valence-electron chi connectivity index (χ4n) is 3.33. The maximum Gasteiger partial charge on any atom is 0.313 e. The van der Waals surface area contributed by atoms with E-state index in [9.17, 15) is 4.79 Å². The second kappa shape index (κ2) is 5.32. The van der Waals surface area contributed by atoms with Crippen LogP contribution in [0.4, 0.5) is 5.69 Å². The molecule has 0 saturated carbocycles. The number of rotatable bonds is 2. The van der Waals surface area contributed by atoms with Crippen molar-refractivity contribution in [2.24, 2.45) is 5.92 Å². The number of carbonyl (C=O) groups is 1. The lowest BCUT2D eigenvalue weighted by Crippen LogP contribution is -2.50. The fourth-order valence-corrected chi connectivity index (χ4v) is 3.33. The van der Waals surface area contributed by atoms with Crippen molar-refractivity contribution in [3.05, 3.63) is 23.8 Å². The van der Waals surface area contributed by atoms with E-state index >= 15 is 0 Å². The fraction of sp³-hybridized carbons (Fsp3) is 0.533. The highest BCUT2D eigenvalue weighted by Crippen LogP contribution is 2.42. The molecule has 3 atom stereocenters. The summed E-state index contributed by atoms with van der Waals surface area (Å²) in [5.74, 6) is 0.585. The van der Waals surface area contributed by atoms with Gasteiger partial charge in [-0.15, -0.1) is 0 Å². The Hall–Kier alpha value is -1.75. The first kappa shape index (κ1) is 13.2. The number of methoxy groups -OCH3 is 2. The number of hydrogen-bond donors (Lipinski definition) is 2. The third-order valence-electron chi connectivity index (χ3n) is 4.35. The van der Waals surface area contributed by atoms with Gasteiger partial charge in [0, 0.05) is 24.2 Å². The number of piperidine rings is 1. The molecule has 0 radical (unpaired) electrons. The number of benzene rings is 1. The number of nitrogens with one attached hydrogen (secondary N) is 2. The van der Waals surface area contributed by atoms with E-state index in [0.29, 0.717) is 6.04 Å². The molecule has 2 heterocycles. The van der Waals surface area contributed by atoms with E-state index < -0.39 is 0 Å². The van der Waals surface area contributed by atoms with E-state index in [1.807, 2.05) is 18.2 Å². The third kappa shape index (κ3) is 2.12. The first-order valence-corrected chi connectivity index (χ1v) is 6.97. The highest BCUT2D eigenvalue weighted by Gasteiger charge is 2.42. The largest absolute Gasteiger partial charge is 0.497 e. The lowest BCUT2D eigenvalue weighted by atomic mass is 9.75. The van der Waals surface area contributed by atoms with Crippen molar-refractivity contribution in [3.63, 3.8) is 0 Å². The van der Waals surface area contributed by atoms with Gasteiger partial charge < -0.3 is 20.1 Å². The van der Waals surface area contributed by atoms with Gasteiger partial charge in [-0.2, -0.15) is 0 Å².